The van der Waals surface area contributed by atoms with Gasteiger partial charge in [-0.2, -0.15) is 0 Å². The summed E-state index contributed by atoms with van der Waals surface area (Å²) in [6, 6.07) is 0. The molecule has 1 saturated heterocycles. The van der Waals surface area contributed by atoms with E-state index in [-0.39, 0.29) is 17.6 Å². The third-order valence-electron chi connectivity index (χ3n) is 2.38. The van der Waals surface area contributed by atoms with E-state index in [0.717, 1.165) is 19.5 Å². The number of likely N-dealkylation sites (tertiary alicyclic amines) is 1. The Labute approximate surface area is 92.0 Å². The highest BCUT2D eigenvalue weighted by atomic mass is 16.6. The summed E-state index contributed by atoms with van der Waals surface area (Å²) < 4.78 is 5.29. The molecule has 0 aromatic rings. The average molecular weight is 214 g/mol. The maximum Gasteiger partial charge on any atom is 0.407 e. The van der Waals surface area contributed by atoms with Crippen molar-refractivity contribution in [1.29, 1.82) is 0 Å². The molecule has 88 valence electrons. The fraction of sp³-hybridized carbons (Fsp3) is 0.909. The Kier molecular flexibility index (Phi) is 3.97. The van der Waals surface area contributed by atoms with Gasteiger partial charge in [0.25, 0.3) is 0 Å². The highest BCUT2D eigenvalue weighted by Crippen LogP contribution is 2.12. The van der Waals surface area contributed by atoms with Gasteiger partial charge in [0.05, 0.1) is 0 Å². The molecular formula is C11H22N2O2. The molecule has 1 N–H and O–H groups in total. The van der Waals surface area contributed by atoms with Crippen molar-refractivity contribution in [3.63, 3.8) is 0 Å². The summed E-state index contributed by atoms with van der Waals surface area (Å²) in [4.78, 5) is 13.6. The van der Waals surface area contributed by atoms with Crippen molar-refractivity contribution in [2.75, 3.05) is 26.7 Å². The molecule has 1 rings (SSSR count). The standard InChI is InChI=1S/C11H22N2O2/c1-11(2,3)8-12-10(14)15-9-5-6-13(4)7-9/h9H,5-8H2,1-4H3,(H,12,14)/t9-/m0/s1. The van der Waals surface area contributed by atoms with E-state index in [2.05, 4.69) is 31.0 Å². The lowest BCUT2D eigenvalue weighted by Crippen LogP contribution is -2.35. The van der Waals surface area contributed by atoms with Gasteiger partial charge in [-0.25, -0.2) is 4.79 Å². The second kappa shape index (κ2) is 4.84. The van der Waals surface area contributed by atoms with Gasteiger partial charge in [-0.3, -0.25) is 0 Å². The van der Waals surface area contributed by atoms with Gasteiger partial charge in [-0.15, -0.1) is 0 Å². The molecule has 0 spiro atoms. The predicted molar refractivity (Wildman–Crippen MR) is 59.8 cm³/mol. The van der Waals surface area contributed by atoms with Crippen LogP contribution in [0.3, 0.4) is 0 Å². The van der Waals surface area contributed by atoms with Crippen molar-refractivity contribution in [3.8, 4) is 0 Å². The molecule has 1 amide bonds. The second-order valence-corrected chi connectivity index (χ2v) is 5.49. The summed E-state index contributed by atoms with van der Waals surface area (Å²) in [6.07, 6.45) is 0.722. The zero-order valence-electron chi connectivity index (χ0n) is 10.2. The van der Waals surface area contributed by atoms with Gasteiger partial charge >= 0.3 is 6.09 Å². The molecule has 0 saturated carbocycles. The van der Waals surface area contributed by atoms with Crippen molar-refractivity contribution < 1.29 is 9.53 Å². The molecule has 0 unspecified atom stereocenters. The average Bonchev–Trinajstić information content (AvgIpc) is 2.47. The number of likely N-dealkylation sites (N-methyl/N-ethyl adjacent to an activating group) is 1. The van der Waals surface area contributed by atoms with Gasteiger partial charge in [-0.1, -0.05) is 20.8 Å². The molecule has 0 aromatic carbocycles. The summed E-state index contributed by atoms with van der Waals surface area (Å²) in [7, 11) is 2.04. The minimum absolute atomic E-state index is 0.0648. The number of carbonyl (C=O) groups excluding carboxylic acids is 1. The van der Waals surface area contributed by atoms with Gasteiger partial charge in [0, 0.05) is 19.6 Å². The van der Waals surface area contributed by atoms with Crippen LogP contribution in [-0.2, 0) is 4.74 Å². The topological polar surface area (TPSA) is 41.6 Å². The predicted octanol–water partition coefficient (Wildman–Crippen LogP) is 1.46. The lowest BCUT2D eigenvalue weighted by Gasteiger charge is -2.19. The van der Waals surface area contributed by atoms with E-state index in [4.69, 9.17) is 4.74 Å². The maximum atomic E-state index is 11.4. The minimum atomic E-state index is -0.287. The Morgan fingerprint density at radius 1 is 1.53 bits per heavy atom. The Balaban J connectivity index is 2.19. The van der Waals surface area contributed by atoms with Gasteiger partial charge in [0.15, 0.2) is 0 Å². The Morgan fingerprint density at radius 3 is 2.67 bits per heavy atom. The number of nitrogens with one attached hydrogen (secondary N) is 1. The summed E-state index contributed by atoms with van der Waals surface area (Å²) >= 11 is 0. The minimum Gasteiger partial charge on any atom is -0.445 e. The van der Waals surface area contributed by atoms with Crippen LogP contribution in [-0.4, -0.2) is 43.8 Å². The summed E-state index contributed by atoms with van der Waals surface area (Å²) in [6.45, 7) is 8.75. The van der Waals surface area contributed by atoms with E-state index in [9.17, 15) is 4.79 Å². The number of hydrogen-bond donors (Lipinski definition) is 1. The molecule has 1 atom stereocenters. The summed E-state index contributed by atoms with van der Waals surface area (Å²) in [5.41, 5.74) is 0.103. The van der Waals surface area contributed by atoms with Crippen LogP contribution in [0.4, 0.5) is 4.79 Å². The van der Waals surface area contributed by atoms with Gasteiger partial charge < -0.3 is 15.0 Å². The third kappa shape index (κ3) is 5.02. The number of amides is 1. The molecule has 1 heterocycles. The van der Waals surface area contributed by atoms with Gasteiger partial charge in [0.2, 0.25) is 0 Å². The van der Waals surface area contributed by atoms with E-state index < -0.39 is 0 Å². The molecule has 0 bridgehead atoms. The molecule has 15 heavy (non-hydrogen) atoms. The van der Waals surface area contributed by atoms with Crippen LogP contribution in [0.5, 0.6) is 0 Å². The normalized spacial score (nSPS) is 22.8. The van der Waals surface area contributed by atoms with Crippen molar-refractivity contribution in [2.24, 2.45) is 5.41 Å². The highest BCUT2D eigenvalue weighted by Gasteiger charge is 2.23. The van der Waals surface area contributed by atoms with Crippen molar-refractivity contribution in [1.82, 2.24) is 10.2 Å². The molecule has 1 aliphatic rings. The first-order valence-corrected chi connectivity index (χ1v) is 5.50. The first kappa shape index (κ1) is 12.3. The number of alkyl carbamates (subject to hydrolysis) is 1. The lowest BCUT2D eigenvalue weighted by atomic mass is 9.97. The van der Waals surface area contributed by atoms with Crippen molar-refractivity contribution >= 4 is 6.09 Å². The molecule has 0 aromatic heterocycles. The quantitative estimate of drug-likeness (QED) is 0.756. The van der Waals surface area contributed by atoms with Gasteiger partial charge in [0.1, 0.15) is 6.10 Å². The van der Waals surface area contributed by atoms with Crippen LogP contribution in [0, 0.1) is 5.41 Å². The van der Waals surface area contributed by atoms with Crippen LogP contribution >= 0.6 is 0 Å². The number of ether oxygens (including phenoxy) is 1. The zero-order chi connectivity index (χ0) is 11.5. The SMILES string of the molecule is CN1CC[C@H](OC(=O)NCC(C)(C)C)C1. The van der Waals surface area contributed by atoms with E-state index >= 15 is 0 Å². The first-order chi connectivity index (χ1) is 6.87. The molecule has 1 aliphatic heterocycles. The van der Waals surface area contributed by atoms with Crippen LogP contribution in [0.25, 0.3) is 0 Å². The summed E-state index contributed by atoms with van der Waals surface area (Å²) in [5.74, 6) is 0. The number of rotatable bonds is 2. The second-order valence-electron chi connectivity index (χ2n) is 5.49. The molecule has 1 fully saturated rings. The Bertz CT molecular complexity index is 223. The van der Waals surface area contributed by atoms with Crippen molar-refractivity contribution in [3.05, 3.63) is 0 Å². The maximum absolute atomic E-state index is 11.4. The lowest BCUT2D eigenvalue weighted by molar-refractivity contribution is 0.0996. The Morgan fingerprint density at radius 2 is 2.20 bits per heavy atom. The monoisotopic (exact) mass is 214 g/mol. The fourth-order valence-corrected chi connectivity index (χ4v) is 1.52. The highest BCUT2D eigenvalue weighted by molar-refractivity contribution is 5.67. The van der Waals surface area contributed by atoms with Crippen LogP contribution in [0.15, 0.2) is 0 Å². The largest absolute Gasteiger partial charge is 0.445 e. The van der Waals surface area contributed by atoms with Crippen molar-refractivity contribution in [2.45, 2.75) is 33.3 Å². The molecule has 0 radical (unpaired) electrons. The van der Waals surface area contributed by atoms with E-state index in [1.54, 1.807) is 0 Å². The molecular weight excluding hydrogens is 192 g/mol. The molecule has 4 nitrogen and oxygen atoms in total. The number of hydrogen-bond acceptors (Lipinski definition) is 3. The molecule has 4 heteroatoms. The van der Waals surface area contributed by atoms with Gasteiger partial charge in [-0.05, 0) is 18.9 Å². The first-order valence-electron chi connectivity index (χ1n) is 5.50. The van der Waals surface area contributed by atoms with Crippen LogP contribution < -0.4 is 5.32 Å². The van der Waals surface area contributed by atoms with Crippen LogP contribution in [0.1, 0.15) is 27.2 Å². The van der Waals surface area contributed by atoms with E-state index in [1.807, 2.05) is 7.05 Å². The van der Waals surface area contributed by atoms with E-state index in [0.29, 0.717) is 6.54 Å². The summed E-state index contributed by atoms with van der Waals surface area (Å²) in [5, 5.41) is 2.78. The van der Waals surface area contributed by atoms with Crippen LogP contribution in [0.2, 0.25) is 0 Å². The number of nitrogens with zero attached hydrogens (tertiary/aromatic N) is 1. The Hall–Kier alpha value is -0.770. The van der Waals surface area contributed by atoms with E-state index in [1.165, 1.54) is 0 Å². The zero-order valence-corrected chi connectivity index (χ0v) is 10.2. The third-order valence-corrected chi connectivity index (χ3v) is 2.38. The fourth-order valence-electron chi connectivity index (χ4n) is 1.52. The molecule has 0 aliphatic carbocycles. The number of carbonyl (C=O) groups is 1. The smallest absolute Gasteiger partial charge is 0.407 e.